The highest BCUT2D eigenvalue weighted by Gasteiger charge is 2.30. The van der Waals surface area contributed by atoms with Crippen molar-refractivity contribution < 1.29 is 9.18 Å². The lowest BCUT2D eigenvalue weighted by Crippen LogP contribution is -2.24. The number of Topliss-reactive ketones (excluding diaryl/α,β-unsaturated/α-hetero) is 1. The van der Waals surface area contributed by atoms with Crippen LogP contribution in [0.1, 0.15) is 72.6 Å². The zero-order valence-electron chi connectivity index (χ0n) is 13.5. The van der Waals surface area contributed by atoms with Crippen LogP contribution in [0.25, 0.3) is 0 Å². The van der Waals surface area contributed by atoms with Crippen LogP contribution in [0, 0.1) is 5.92 Å². The Morgan fingerprint density at radius 3 is 2.70 bits per heavy atom. The molecular weight excluding hydrogens is 251 g/mol. The van der Waals surface area contributed by atoms with Gasteiger partial charge in [0.2, 0.25) is 0 Å². The van der Waals surface area contributed by atoms with Crippen LogP contribution in [0.2, 0.25) is 0 Å². The molecule has 0 aromatic rings. The summed E-state index contributed by atoms with van der Waals surface area (Å²) in [6.07, 6.45) is 9.63. The molecule has 0 bridgehead atoms. The maximum absolute atomic E-state index is 14.5. The summed E-state index contributed by atoms with van der Waals surface area (Å²) in [4.78, 5) is 12.0. The van der Waals surface area contributed by atoms with Gasteiger partial charge in [0.1, 0.15) is 11.5 Å². The average molecular weight is 280 g/mol. The molecule has 0 heterocycles. The topological polar surface area (TPSA) is 17.1 Å². The van der Waals surface area contributed by atoms with Crippen LogP contribution in [-0.4, -0.2) is 11.5 Å². The van der Waals surface area contributed by atoms with Crippen molar-refractivity contribution in [2.45, 2.75) is 78.3 Å². The Labute approximate surface area is 123 Å². The molecule has 0 radical (unpaired) electrons. The van der Waals surface area contributed by atoms with Gasteiger partial charge in [-0.1, -0.05) is 44.4 Å². The lowest BCUT2D eigenvalue weighted by molar-refractivity contribution is -0.123. The molecule has 0 saturated carbocycles. The predicted molar refractivity (Wildman–Crippen MR) is 83.5 cm³/mol. The van der Waals surface area contributed by atoms with Gasteiger partial charge in [0.25, 0.3) is 0 Å². The van der Waals surface area contributed by atoms with Crippen LogP contribution >= 0.6 is 0 Å². The first-order chi connectivity index (χ1) is 9.40. The summed E-state index contributed by atoms with van der Waals surface area (Å²) in [5.41, 5.74) is 0.773. The van der Waals surface area contributed by atoms with Crippen LogP contribution in [-0.2, 0) is 4.79 Å². The van der Waals surface area contributed by atoms with Crippen molar-refractivity contribution in [1.29, 1.82) is 0 Å². The summed E-state index contributed by atoms with van der Waals surface area (Å²) in [7, 11) is 0. The largest absolute Gasteiger partial charge is 0.299 e. The smallest absolute Gasteiger partial charge is 0.135 e. The Morgan fingerprint density at radius 1 is 1.40 bits per heavy atom. The maximum atomic E-state index is 14.5. The second kappa shape index (κ2) is 7.75. The van der Waals surface area contributed by atoms with Crippen molar-refractivity contribution in [3.63, 3.8) is 0 Å². The molecule has 1 nitrogen and oxygen atoms in total. The van der Waals surface area contributed by atoms with Crippen LogP contribution in [0.4, 0.5) is 4.39 Å². The van der Waals surface area contributed by atoms with E-state index in [0.29, 0.717) is 25.0 Å². The van der Waals surface area contributed by atoms with E-state index >= 15 is 0 Å². The van der Waals surface area contributed by atoms with Gasteiger partial charge in [-0.15, -0.1) is 0 Å². The number of ketones is 1. The number of hydrogen-bond donors (Lipinski definition) is 0. The van der Waals surface area contributed by atoms with E-state index in [1.807, 2.05) is 26.0 Å². The number of unbranched alkanes of at least 4 members (excludes halogenated alkanes) is 1. The molecule has 0 aliphatic heterocycles. The van der Waals surface area contributed by atoms with E-state index in [1.165, 1.54) is 0 Å². The molecule has 2 heteroatoms. The van der Waals surface area contributed by atoms with Crippen molar-refractivity contribution in [2.75, 3.05) is 0 Å². The fourth-order valence-electron chi connectivity index (χ4n) is 2.84. The average Bonchev–Trinajstić information content (AvgIpc) is 2.42. The number of allylic oxidation sites excluding steroid dienone is 4. The van der Waals surface area contributed by atoms with Gasteiger partial charge in [-0.05, 0) is 38.7 Å². The Morgan fingerprint density at radius 2 is 2.10 bits per heavy atom. The molecule has 0 N–H and O–H groups in total. The highest BCUT2D eigenvalue weighted by molar-refractivity contribution is 5.80. The molecular formula is C18H29FO. The molecule has 114 valence electrons. The van der Waals surface area contributed by atoms with E-state index in [-0.39, 0.29) is 5.92 Å². The first kappa shape index (κ1) is 17.1. The Bertz CT molecular complexity index is 390. The molecule has 2 atom stereocenters. The van der Waals surface area contributed by atoms with E-state index < -0.39 is 5.67 Å². The third-order valence-electron chi connectivity index (χ3n) is 4.35. The Kier molecular flexibility index (Phi) is 6.64. The molecule has 0 aromatic heterocycles. The van der Waals surface area contributed by atoms with Crippen molar-refractivity contribution >= 4 is 5.78 Å². The Balaban J connectivity index is 2.66. The molecule has 0 amide bonds. The SMILES string of the molecule is CCCCC(CCC1=CC(C)=CCC1(C)F)C(=O)CC. The zero-order chi connectivity index (χ0) is 15.2. The molecule has 1 aliphatic rings. The van der Waals surface area contributed by atoms with Gasteiger partial charge in [0.05, 0.1) is 0 Å². The number of carbonyl (C=O) groups excluding carboxylic acids is 1. The van der Waals surface area contributed by atoms with E-state index in [1.54, 1.807) is 6.92 Å². The highest BCUT2D eigenvalue weighted by Crippen LogP contribution is 2.35. The second-order valence-corrected chi connectivity index (χ2v) is 6.22. The first-order valence-electron chi connectivity index (χ1n) is 8.00. The summed E-state index contributed by atoms with van der Waals surface area (Å²) < 4.78 is 14.5. The molecule has 1 rings (SSSR count). The Hall–Kier alpha value is -0.920. The number of rotatable bonds is 8. The van der Waals surface area contributed by atoms with Crippen molar-refractivity contribution in [3.05, 3.63) is 23.3 Å². The zero-order valence-corrected chi connectivity index (χ0v) is 13.5. The monoisotopic (exact) mass is 280 g/mol. The van der Waals surface area contributed by atoms with E-state index in [9.17, 15) is 9.18 Å². The fourth-order valence-corrected chi connectivity index (χ4v) is 2.84. The molecule has 0 aromatic carbocycles. The van der Waals surface area contributed by atoms with Crippen molar-refractivity contribution in [1.82, 2.24) is 0 Å². The number of carbonyl (C=O) groups is 1. The quantitative estimate of drug-likeness (QED) is 0.569. The molecule has 0 spiro atoms. The molecule has 1 aliphatic carbocycles. The van der Waals surface area contributed by atoms with Gasteiger partial charge in [0, 0.05) is 18.8 Å². The number of alkyl halides is 1. The summed E-state index contributed by atoms with van der Waals surface area (Å²) in [5.74, 6) is 0.450. The van der Waals surface area contributed by atoms with Gasteiger partial charge in [-0.25, -0.2) is 4.39 Å². The van der Waals surface area contributed by atoms with Crippen molar-refractivity contribution in [2.24, 2.45) is 5.92 Å². The van der Waals surface area contributed by atoms with E-state index in [2.05, 4.69) is 6.92 Å². The minimum absolute atomic E-state index is 0.114. The molecule has 0 fully saturated rings. The first-order valence-corrected chi connectivity index (χ1v) is 8.00. The third-order valence-corrected chi connectivity index (χ3v) is 4.35. The normalized spacial score (nSPS) is 24.1. The summed E-state index contributed by atoms with van der Waals surface area (Å²) in [5, 5.41) is 0. The van der Waals surface area contributed by atoms with Crippen LogP contribution in [0.5, 0.6) is 0 Å². The highest BCUT2D eigenvalue weighted by atomic mass is 19.1. The van der Waals surface area contributed by atoms with Crippen LogP contribution < -0.4 is 0 Å². The lowest BCUT2D eigenvalue weighted by Gasteiger charge is -2.27. The van der Waals surface area contributed by atoms with Gasteiger partial charge in [0.15, 0.2) is 0 Å². The maximum Gasteiger partial charge on any atom is 0.135 e. The molecule has 20 heavy (non-hydrogen) atoms. The molecule has 0 saturated heterocycles. The van der Waals surface area contributed by atoms with Gasteiger partial charge in [-0.3, -0.25) is 4.79 Å². The summed E-state index contributed by atoms with van der Waals surface area (Å²) >= 11 is 0. The number of halogens is 1. The minimum atomic E-state index is -1.23. The number of hydrogen-bond acceptors (Lipinski definition) is 1. The fraction of sp³-hybridized carbons (Fsp3) is 0.722. The van der Waals surface area contributed by atoms with Crippen molar-refractivity contribution in [3.8, 4) is 0 Å². The molecule has 2 unspecified atom stereocenters. The van der Waals surface area contributed by atoms with Crippen LogP contribution in [0.3, 0.4) is 0 Å². The predicted octanol–water partition coefficient (Wildman–Crippen LogP) is 5.56. The second-order valence-electron chi connectivity index (χ2n) is 6.22. The van der Waals surface area contributed by atoms with Gasteiger partial charge >= 0.3 is 0 Å². The minimum Gasteiger partial charge on any atom is -0.299 e. The van der Waals surface area contributed by atoms with Crippen LogP contribution in [0.15, 0.2) is 23.3 Å². The lowest BCUT2D eigenvalue weighted by atomic mass is 9.81. The summed E-state index contributed by atoms with van der Waals surface area (Å²) in [6, 6.07) is 0. The third kappa shape index (κ3) is 4.88. The van der Waals surface area contributed by atoms with Gasteiger partial charge in [-0.2, -0.15) is 0 Å². The van der Waals surface area contributed by atoms with Gasteiger partial charge < -0.3 is 0 Å². The summed E-state index contributed by atoms with van der Waals surface area (Å²) in [6.45, 7) is 7.74. The van der Waals surface area contributed by atoms with E-state index in [4.69, 9.17) is 0 Å². The standard InChI is InChI=1S/C18H29FO/c1-5-7-8-15(17(20)6-2)9-10-16-13-14(3)11-12-18(16,4)19/h11,13,15H,5-10,12H2,1-4H3. The van der Waals surface area contributed by atoms with E-state index in [0.717, 1.165) is 36.8 Å².